The molecule has 2 aromatic heterocycles. The summed E-state index contributed by atoms with van der Waals surface area (Å²) in [4.78, 5) is 28.1. The van der Waals surface area contributed by atoms with E-state index in [4.69, 9.17) is 5.11 Å². The number of rotatable bonds is 2. The summed E-state index contributed by atoms with van der Waals surface area (Å²) in [6.45, 7) is 0. The van der Waals surface area contributed by atoms with Gasteiger partial charge in [0.15, 0.2) is 11.5 Å². The van der Waals surface area contributed by atoms with Crippen molar-refractivity contribution in [3.63, 3.8) is 0 Å². The average molecular weight is 285 g/mol. The number of aromatic nitrogens is 4. The van der Waals surface area contributed by atoms with Gasteiger partial charge in [0.2, 0.25) is 0 Å². The van der Waals surface area contributed by atoms with Gasteiger partial charge in [-0.1, -0.05) is 0 Å². The van der Waals surface area contributed by atoms with E-state index in [0.29, 0.717) is 0 Å². The summed E-state index contributed by atoms with van der Waals surface area (Å²) in [6, 6.07) is 1.32. The molecule has 16 heavy (non-hydrogen) atoms. The van der Waals surface area contributed by atoms with Crippen molar-refractivity contribution >= 4 is 21.9 Å². The van der Waals surface area contributed by atoms with Crippen LogP contribution in [-0.4, -0.2) is 30.8 Å². The number of carboxylic acid groups (broad SMARTS) is 1. The van der Waals surface area contributed by atoms with Crippen LogP contribution in [0, 0.1) is 0 Å². The Morgan fingerprint density at radius 3 is 2.94 bits per heavy atom. The zero-order chi connectivity index (χ0) is 11.7. The number of carboxylic acids is 1. The van der Waals surface area contributed by atoms with Crippen molar-refractivity contribution in [1.29, 1.82) is 0 Å². The first kappa shape index (κ1) is 10.6. The number of aromatic carboxylic acids is 1. The number of aromatic amines is 1. The third-order valence-corrected chi connectivity index (χ3v) is 2.52. The summed E-state index contributed by atoms with van der Waals surface area (Å²) < 4.78 is 1.40. The molecule has 0 saturated carbocycles. The van der Waals surface area contributed by atoms with Gasteiger partial charge in [-0.3, -0.25) is 4.79 Å². The van der Waals surface area contributed by atoms with E-state index in [1.807, 2.05) is 0 Å². The molecule has 0 unspecified atom stereocenters. The second-order valence-corrected chi connectivity index (χ2v) is 3.61. The van der Waals surface area contributed by atoms with E-state index in [-0.39, 0.29) is 21.5 Å². The Kier molecular flexibility index (Phi) is 2.57. The highest BCUT2D eigenvalue weighted by molar-refractivity contribution is 9.10. The molecule has 7 nitrogen and oxygen atoms in total. The minimum absolute atomic E-state index is 0.117. The second kappa shape index (κ2) is 3.89. The molecule has 0 amide bonds. The molecule has 0 fully saturated rings. The Hall–Kier alpha value is -1.96. The van der Waals surface area contributed by atoms with E-state index in [0.717, 1.165) is 0 Å². The van der Waals surface area contributed by atoms with Crippen LogP contribution in [0.2, 0.25) is 0 Å². The molecule has 0 aliphatic heterocycles. The Morgan fingerprint density at radius 2 is 2.31 bits per heavy atom. The van der Waals surface area contributed by atoms with Gasteiger partial charge < -0.3 is 10.1 Å². The molecular weight excluding hydrogens is 280 g/mol. The maximum Gasteiger partial charge on any atom is 0.356 e. The van der Waals surface area contributed by atoms with E-state index in [1.165, 1.54) is 23.3 Å². The van der Waals surface area contributed by atoms with Gasteiger partial charge in [0, 0.05) is 6.20 Å². The first-order valence-electron chi connectivity index (χ1n) is 4.12. The van der Waals surface area contributed by atoms with Crippen LogP contribution in [0.1, 0.15) is 10.5 Å². The monoisotopic (exact) mass is 284 g/mol. The standard InChI is InChI=1S/C8H5BrN4O3/c9-5-6(10-3-11-7(5)14)13-2-1-4(12-13)8(15)16/h1-3H,(H,15,16)(H,10,11,14). The number of hydrogen-bond donors (Lipinski definition) is 2. The summed E-state index contributed by atoms with van der Waals surface area (Å²) in [6.07, 6.45) is 2.63. The van der Waals surface area contributed by atoms with E-state index in [1.54, 1.807) is 0 Å². The number of nitrogens with zero attached hydrogens (tertiary/aromatic N) is 3. The summed E-state index contributed by atoms with van der Waals surface area (Å²) in [5.41, 5.74) is -0.480. The normalized spacial score (nSPS) is 10.3. The van der Waals surface area contributed by atoms with Gasteiger partial charge in [0.25, 0.3) is 5.56 Å². The van der Waals surface area contributed by atoms with E-state index >= 15 is 0 Å². The van der Waals surface area contributed by atoms with Crippen molar-refractivity contribution in [1.82, 2.24) is 19.7 Å². The van der Waals surface area contributed by atoms with Crippen molar-refractivity contribution in [2.24, 2.45) is 0 Å². The van der Waals surface area contributed by atoms with Crippen LogP contribution in [-0.2, 0) is 0 Å². The van der Waals surface area contributed by atoms with Crippen molar-refractivity contribution in [2.45, 2.75) is 0 Å². The molecule has 0 saturated heterocycles. The molecule has 2 rings (SSSR count). The lowest BCUT2D eigenvalue weighted by molar-refractivity contribution is 0.0690. The van der Waals surface area contributed by atoms with Crippen LogP contribution in [0.25, 0.3) is 5.82 Å². The number of H-pyrrole nitrogens is 1. The van der Waals surface area contributed by atoms with Gasteiger partial charge in [0.05, 0.1) is 6.33 Å². The molecule has 0 bridgehead atoms. The maximum atomic E-state index is 11.3. The highest BCUT2D eigenvalue weighted by atomic mass is 79.9. The molecule has 2 heterocycles. The minimum Gasteiger partial charge on any atom is -0.476 e. The van der Waals surface area contributed by atoms with Gasteiger partial charge in [-0.15, -0.1) is 0 Å². The first-order valence-corrected chi connectivity index (χ1v) is 4.91. The van der Waals surface area contributed by atoms with E-state index < -0.39 is 5.97 Å². The largest absolute Gasteiger partial charge is 0.476 e. The van der Waals surface area contributed by atoms with Crippen molar-refractivity contribution in [3.05, 3.63) is 39.1 Å². The van der Waals surface area contributed by atoms with Gasteiger partial charge in [-0.05, 0) is 22.0 Å². The maximum absolute atomic E-state index is 11.3. The molecule has 0 atom stereocenters. The van der Waals surface area contributed by atoms with Gasteiger partial charge in [0.1, 0.15) is 4.47 Å². The Balaban J connectivity index is 2.55. The summed E-state index contributed by atoms with van der Waals surface area (Å²) in [5, 5.41) is 12.4. The molecule has 0 radical (unpaired) electrons. The smallest absolute Gasteiger partial charge is 0.356 e. The van der Waals surface area contributed by atoms with Crippen LogP contribution >= 0.6 is 15.9 Å². The molecule has 2 N–H and O–H groups in total. The molecule has 0 aliphatic rings. The summed E-state index contributed by atoms with van der Waals surface area (Å²) >= 11 is 3.05. The van der Waals surface area contributed by atoms with E-state index in [2.05, 4.69) is 31.0 Å². The third kappa shape index (κ3) is 1.74. The topological polar surface area (TPSA) is 101 Å². The van der Waals surface area contributed by atoms with Crippen molar-refractivity contribution < 1.29 is 9.90 Å². The van der Waals surface area contributed by atoms with E-state index in [9.17, 15) is 9.59 Å². The molecule has 82 valence electrons. The fraction of sp³-hybridized carbons (Fsp3) is 0. The van der Waals surface area contributed by atoms with Crippen molar-refractivity contribution in [2.75, 3.05) is 0 Å². The number of nitrogens with one attached hydrogen (secondary N) is 1. The lowest BCUT2D eigenvalue weighted by Crippen LogP contribution is -2.13. The summed E-state index contributed by atoms with van der Waals surface area (Å²) in [5.74, 6) is -0.907. The zero-order valence-corrected chi connectivity index (χ0v) is 9.30. The Bertz CT molecular complexity index is 603. The fourth-order valence-corrected chi connectivity index (χ4v) is 1.49. The van der Waals surface area contributed by atoms with Gasteiger partial charge in [-0.2, -0.15) is 5.10 Å². The molecule has 8 heteroatoms. The Labute approximate surface area is 96.9 Å². The molecule has 0 spiro atoms. The predicted molar refractivity (Wildman–Crippen MR) is 56.6 cm³/mol. The van der Waals surface area contributed by atoms with Crippen LogP contribution < -0.4 is 5.56 Å². The Morgan fingerprint density at radius 1 is 1.56 bits per heavy atom. The zero-order valence-electron chi connectivity index (χ0n) is 7.72. The van der Waals surface area contributed by atoms with Gasteiger partial charge >= 0.3 is 5.97 Å². The van der Waals surface area contributed by atoms with Crippen LogP contribution in [0.3, 0.4) is 0 Å². The van der Waals surface area contributed by atoms with Crippen LogP contribution in [0.5, 0.6) is 0 Å². The molecular formula is C8H5BrN4O3. The predicted octanol–water partition coefficient (Wildman–Crippen LogP) is 0.416. The quantitative estimate of drug-likeness (QED) is 0.832. The number of halogens is 1. The molecule has 0 aromatic carbocycles. The fourth-order valence-electron chi connectivity index (χ4n) is 1.09. The molecule has 0 aliphatic carbocycles. The lowest BCUT2D eigenvalue weighted by Gasteiger charge is -2.00. The number of carbonyl (C=O) groups is 1. The van der Waals surface area contributed by atoms with Crippen LogP contribution in [0.15, 0.2) is 27.9 Å². The number of hydrogen-bond acceptors (Lipinski definition) is 4. The SMILES string of the molecule is O=C(O)c1ccn(-c2nc[nH]c(=O)c2Br)n1. The average Bonchev–Trinajstić information content (AvgIpc) is 2.71. The summed E-state index contributed by atoms with van der Waals surface area (Å²) in [7, 11) is 0. The van der Waals surface area contributed by atoms with Crippen LogP contribution in [0.4, 0.5) is 0 Å². The minimum atomic E-state index is -1.14. The second-order valence-electron chi connectivity index (χ2n) is 2.82. The van der Waals surface area contributed by atoms with Gasteiger partial charge in [-0.25, -0.2) is 14.5 Å². The molecule has 2 aromatic rings. The third-order valence-electron chi connectivity index (χ3n) is 1.80. The highest BCUT2D eigenvalue weighted by Crippen LogP contribution is 2.12. The van der Waals surface area contributed by atoms with Crippen molar-refractivity contribution in [3.8, 4) is 5.82 Å². The lowest BCUT2D eigenvalue weighted by atomic mass is 10.5. The highest BCUT2D eigenvalue weighted by Gasteiger charge is 2.12. The first-order chi connectivity index (χ1) is 7.59.